The maximum Gasteiger partial charge on any atom is 0.274 e. The molecule has 2 aromatic heterocycles. The molecule has 1 N–H and O–H groups in total. The third-order valence-corrected chi connectivity index (χ3v) is 3.52. The summed E-state index contributed by atoms with van der Waals surface area (Å²) < 4.78 is 4.95. The average Bonchev–Trinajstić information content (AvgIpc) is 3.00. The van der Waals surface area contributed by atoms with Crippen molar-refractivity contribution in [2.75, 3.05) is 31.5 Å². The Morgan fingerprint density at radius 1 is 1.22 bits per heavy atom. The summed E-state index contributed by atoms with van der Waals surface area (Å²) in [6.45, 7) is 3.85. The van der Waals surface area contributed by atoms with E-state index in [1.165, 1.54) is 0 Å². The second-order valence-electron chi connectivity index (χ2n) is 5.19. The second-order valence-corrected chi connectivity index (χ2v) is 5.19. The fraction of sp³-hybridized carbons (Fsp3) is 0.357. The van der Waals surface area contributed by atoms with E-state index in [1.54, 1.807) is 34.9 Å². The van der Waals surface area contributed by atoms with Crippen LogP contribution in [0.1, 0.15) is 16.2 Å². The van der Waals surface area contributed by atoms with Crippen LogP contribution in [-0.2, 0) is 4.79 Å². The molecule has 0 unspecified atom stereocenters. The van der Waals surface area contributed by atoms with Crippen molar-refractivity contribution in [2.24, 2.45) is 0 Å². The Morgan fingerprint density at radius 3 is 2.57 bits per heavy atom. The number of piperazine rings is 1. The summed E-state index contributed by atoms with van der Waals surface area (Å²) in [6.07, 6.45) is 0.799. The Morgan fingerprint density at radius 2 is 2.00 bits per heavy atom. The van der Waals surface area contributed by atoms with E-state index in [9.17, 15) is 9.59 Å². The quantitative estimate of drug-likeness (QED) is 0.816. The molecule has 9 heteroatoms. The fourth-order valence-electron chi connectivity index (χ4n) is 2.26. The Labute approximate surface area is 132 Å². The van der Waals surface area contributed by atoms with Gasteiger partial charge in [-0.25, -0.2) is 0 Å². The Bertz CT molecular complexity index is 691. The smallest absolute Gasteiger partial charge is 0.274 e. The van der Waals surface area contributed by atoms with Gasteiger partial charge in [0.25, 0.3) is 5.91 Å². The molecule has 0 aromatic carbocycles. The SMILES string of the molecule is Cc1cc(Nc2ccc(C(=O)N3CCN(C=O)CC3)nn2)no1. The monoisotopic (exact) mass is 316 g/mol. The van der Waals surface area contributed by atoms with E-state index in [0.717, 1.165) is 6.41 Å². The van der Waals surface area contributed by atoms with Crippen molar-refractivity contribution >= 4 is 24.0 Å². The van der Waals surface area contributed by atoms with Crippen molar-refractivity contribution in [1.29, 1.82) is 0 Å². The molecule has 1 aliphatic heterocycles. The first-order valence-corrected chi connectivity index (χ1v) is 7.18. The van der Waals surface area contributed by atoms with Crippen LogP contribution in [0.2, 0.25) is 0 Å². The normalized spacial score (nSPS) is 14.7. The lowest BCUT2D eigenvalue weighted by Crippen LogP contribution is -2.48. The van der Waals surface area contributed by atoms with Crippen LogP contribution in [0.25, 0.3) is 0 Å². The summed E-state index contributed by atoms with van der Waals surface area (Å²) >= 11 is 0. The Kier molecular flexibility index (Phi) is 4.18. The number of amides is 2. The van der Waals surface area contributed by atoms with Crippen LogP contribution < -0.4 is 5.32 Å². The lowest BCUT2D eigenvalue weighted by Gasteiger charge is -2.32. The molecule has 0 saturated carbocycles. The van der Waals surface area contributed by atoms with Gasteiger partial charge in [-0.3, -0.25) is 9.59 Å². The number of anilines is 2. The first-order valence-electron chi connectivity index (χ1n) is 7.18. The first-order chi connectivity index (χ1) is 11.2. The minimum atomic E-state index is -0.188. The van der Waals surface area contributed by atoms with Gasteiger partial charge < -0.3 is 19.6 Å². The van der Waals surface area contributed by atoms with Gasteiger partial charge in [0.2, 0.25) is 6.41 Å². The minimum absolute atomic E-state index is 0.188. The molecule has 0 atom stereocenters. The molecule has 1 saturated heterocycles. The van der Waals surface area contributed by atoms with Crippen molar-refractivity contribution < 1.29 is 14.1 Å². The summed E-state index contributed by atoms with van der Waals surface area (Å²) in [5.74, 6) is 1.50. The van der Waals surface area contributed by atoms with E-state index < -0.39 is 0 Å². The van der Waals surface area contributed by atoms with E-state index in [2.05, 4.69) is 20.7 Å². The van der Waals surface area contributed by atoms with Crippen LogP contribution in [0.15, 0.2) is 22.7 Å². The molecule has 0 bridgehead atoms. The third kappa shape index (κ3) is 3.44. The van der Waals surface area contributed by atoms with E-state index in [-0.39, 0.29) is 11.6 Å². The van der Waals surface area contributed by atoms with E-state index in [1.807, 2.05) is 0 Å². The van der Waals surface area contributed by atoms with Crippen LogP contribution in [-0.4, -0.2) is 63.7 Å². The maximum absolute atomic E-state index is 12.3. The lowest BCUT2D eigenvalue weighted by molar-refractivity contribution is -0.119. The molecule has 3 rings (SSSR count). The zero-order valence-corrected chi connectivity index (χ0v) is 12.6. The minimum Gasteiger partial charge on any atom is -0.360 e. The van der Waals surface area contributed by atoms with Gasteiger partial charge in [-0.1, -0.05) is 5.16 Å². The topological polar surface area (TPSA) is 104 Å². The molecule has 9 nitrogen and oxygen atoms in total. The summed E-state index contributed by atoms with van der Waals surface area (Å²) in [5.41, 5.74) is 0.270. The third-order valence-electron chi connectivity index (χ3n) is 3.52. The molecule has 2 amide bonds. The molecule has 1 fully saturated rings. The molecule has 0 aliphatic carbocycles. The number of carbonyl (C=O) groups excluding carboxylic acids is 2. The summed E-state index contributed by atoms with van der Waals surface area (Å²) in [4.78, 5) is 26.3. The molecular formula is C14H16N6O3. The van der Waals surface area contributed by atoms with Crippen LogP contribution in [0, 0.1) is 6.92 Å². The summed E-state index contributed by atoms with van der Waals surface area (Å²) in [5, 5.41) is 14.7. The van der Waals surface area contributed by atoms with Crippen LogP contribution in [0.5, 0.6) is 0 Å². The van der Waals surface area contributed by atoms with E-state index in [4.69, 9.17) is 4.52 Å². The van der Waals surface area contributed by atoms with Crippen LogP contribution >= 0.6 is 0 Å². The van der Waals surface area contributed by atoms with Crippen molar-refractivity contribution in [1.82, 2.24) is 25.2 Å². The predicted octanol–water partition coefficient (Wildman–Crippen LogP) is 0.431. The zero-order chi connectivity index (χ0) is 16.2. The predicted molar refractivity (Wildman–Crippen MR) is 80.1 cm³/mol. The molecule has 0 spiro atoms. The van der Waals surface area contributed by atoms with Gasteiger partial charge in [0.05, 0.1) is 0 Å². The Hall–Kier alpha value is -2.97. The van der Waals surface area contributed by atoms with Crippen LogP contribution in [0.3, 0.4) is 0 Å². The molecule has 0 radical (unpaired) electrons. The zero-order valence-electron chi connectivity index (χ0n) is 12.6. The molecule has 3 heterocycles. The first kappa shape index (κ1) is 14.9. The highest BCUT2D eigenvalue weighted by molar-refractivity contribution is 5.92. The number of aryl methyl sites for hydroxylation is 1. The van der Waals surface area contributed by atoms with Crippen LogP contribution in [0.4, 0.5) is 11.6 Å². The molecule has 23 heavy (non-hydrogen) atoms. The molecule has 2 aromatic rings. The number of carbonyl (C=O) groups is 2. The van der Waals surface area contributed by atoms with Crippen molar-refractivity contribution in [2.45, 2.75) is 6.92 Å². The van der Waals surface area contributed by atoms with Gasteiger partial charge in [-0.15, -0.1) is 10.2 Å². The van der Waals surface area contributed by atoms with Crippen molar-refractivity contribution in [3.05, 3.63) is 29.7 Å². The van der Waals surface area contributed by atoms with E-state index >= 15 is 0 Å². The van der Waals surface area contributed by atoms with Gasteiger partial charge in [-0.2, -0.15) is 0 Å². The number of aromatic nitrogens is 3. The number of nitrogens with one attached hydrogen (secondary N) is 1. The maximum atomic E-state index is 12.3. The largest absolute Gasteiger partial charge is 0.360 e. The molecule has 1 aliphatic rings. The van der Waals surface area contributed by atoms with Crippen molar-refractivity contribution in [3.8, 4) is 0 Å². The number of hydrogen-bond donors (Lipinski definition) is 1. The number of nitrogens with zero attached hydrogens (tertiary/aromatic N) is 5. The molecule has 120 valence electrons. The van der Waals surface area contributed by atoms with Gasteiger partial charge in [-0.05, 0) is 19.1 Å². The highest BCUT2D eigenvalue weighted by Gasteiger charge is 2.22. The average molecular weight is 316 g/mol. The van der Waals surface area contributed by atoms with Crippen molar-refractivity contribution in [3.63, 3.8) is 0 Å². The highest BCUT2D eigenvalue weighted by atomic mass is 16.5. The summed E-state index contributed by atoms with van der Waals surface area (Å²) in [7, 11) is 0. The Balaban J connectivity index is 1.62. The van der Waals surface area contributed by atoms with Gasteiger partial charge in [0.15, 0.2) is 17.3 Å². The molecular weight excluding hydrogens is 300 g/mol. The number of hydrogen-bond acceptors (Lipinski definition) is 7. The number of rotatable bonds is 4. The highest BCUT2D eigenvalue weighted by Crippen LogP contribution is 2.14. The van der Waals surface area contributed by atoms with Gasteiger partial charge in [0.1, 0.15) is 5.76 Å². The van der Waals surface area contributed by atoms with Gasteiger partial charge in [0, 0.05) is 32.2 Å². The second kappa shape index (κ2) is 6.42. The fourth-order valence-corrected chi connectivity index (χ4v) is 2.26. The van der Waals surface area contributed by atoms with E-state index in [0.29, 0.717) is 43.6 Å². The standard InChI is InChI=1S/C14H16N6O3/c1-10-8-13(18-23-10)15-12-3-2-11(16-17-12)14(22)20-6-4-19(9-21)5-7-20/h2-3,8-9H,4-7H2,1H3,(H,15,17,18). The lowest BCUT2D eigenvalue weighted by atomic mass is 10.2. The van der Waals surface area contributed by atoms with Gasteiger partial charge >= 0.3 is 0 Å². The summed E-state index contributed by atoms with van der Waals surface area (Å²) in [6, 6.07) is 5.00.